The molecule has 0 aliphatic carbocycles. The molecule has 4 atom stereocenters. The van der Waals surface area contributed by atoms with Gasteiger partial charge in [-0.2, -0.15) is 0 Å². The van der Waals surface area contributed by atoms with Gasteiger partial charge >= 0.3 is 6.03 Å². The zero-order valence-electron chi connectivity index (χ0n) is 31.9. The number of rotatable bonds is 12. The molecule has 2 aromatic heterocycles. The van der Waals surface area contributed by atoms with Gasteiger partial charge in [-0.05, 0) is 84.3 Å². The van der Waals surface area contributed by atoms with Crippen LogP contribution in [0.25, 0.3) is 22.1 Å². The monoisotopic (exact) mass is 756 g/mol. The molecule has 7 rings (SSSR count). The molecule has 4 aromatic carbocycles. The highest BCUT2D eigenvalue weighted by Gasteiger charge is 2.46. The first-order chi connectivity index (χ1) is 26.9. The summed E-state index contributed by atoms with van der Waals surface area (Å²) >= 11 is 0. The van der Waals surface area contributed by atoms with Crippen LogP contribution in [0.15, 0.2) is 97.1 Å². The smallest absolute Gasteiger partial charge is 0.321 e. The zero-order chi connectivity index (χ0) is 39.5. The van der Waals surface area contributed by atoms with Crippen molar-refractivity contribution < 1.29 is 24.6 Å². The second-order valence-electron chi connectivity index (χ2n) is 15.4. The third kappa shape index (κ3) is 8.43. The average molecular weight is 757 g/mol. The SMILES string of the molecule is CC(C)C[C@@H]1[C@H](O)[C@@H](O)[C@@H](CC(C)C)N(Cc2cccc(C(=O)Nc3nc4ccccc4[nH]3)c2)C(=O)N1Cc1cccc(C(=O)Nc2nc3ccccc3[nH]2)c1. The number of amides is 4. The minimum Gasteiger partial charge on any atom is -0.388 e. The molecule has 13 heteroatoms. The summed E-state index contributed by atoms with van der Waals surface area (Å²) < 4.78 is 0. The summed E-state index contributed by atoms with van der Waals surface area (Å²) in [5.74, 6) is 0.0863. The third-order valence-electron chi connectivity index (χ3n) is 10.2. The molecule has 1 saturated heterocycles. The third-order valence-corrected chi connectivity index (χ3v) is 10.2. The molecule has 0 bridgehead atoms. The minimum absolute atomic E-state index is 0.0800. The summed E-state index contributed by atoms with van der Waals surface area (Å²) in [5, 5.41) is 29.4. The van der Waals surface area contributed by atoms with Crippen LogP contribution in [0, 0.1) is 11.8 Å². The van der Waals surface area contributed by atoms with E-state index in [0.717, 1.165) is 22.1 Å². The minimum atomic E-state index is -1.24. The van der Waals surface area contributed by atoms with Crippen molar-refractivity contribution in [2.24, 2.45) is 11.8 Å². The van der Waals surface area contributed by atoms with Crippen molar-refractivity contribution in [3.8, 4) is 0 Å². The van der Waals surface area contributed by atoms with Gasteiger partial charge in [-0.25, -0.2) is 14.8 Å². The molecule has 0 radical (unpaired) electrons. The van der Waals surface area contributed by atoms with Crippen molar-refractivity contribution in [2.45, 2.75) is 77.9 Å². The fourth-order valence-corrected chi connectivity index (χ4v) is 7.54. The van der Waals surface area contributed by atoms with Crippen LogP contribution in [0.3, 0.4) is 0 Å². The first-order valence-electron chi connectivity index (χ1n) is 19.1. The Balaban J connectivity index is 1.16. The van der Waals surface area contributed by atoms with E-state index in [0.29, 0.717) is 47.0 Å². The Morgan fingerprint density at radius 2 is 1.05 bits per heavy atom. The highest BCUT2D eigenvalue weighted by Crippen LogP contribution is 2.32. The maximum Gasteiger partial charge on any atom is 0.321 e. The Morgan fingerprint density at radius 1 is 0.643 bits per heavy atom. The number of urea groups is 1. The van der Waals surface area contributed by atoms with E-state index in [9.17, 15) is 24.6 Å². The van der Waals surface area contributed by atoms with E-state index in [2.05, 4.69) is 30.6 Å². The second-order valence-corrected chi connectivity index (χ2v) is 15.4. The maximum absolute atomic E-state index is 15.0. The van der Waals surface area contributed by atoms with Crippen molar-refractivity contribution in [3.05, 3.63) is 119 Å². The topological polar surface area (TPSA) is 180 Å². The quantitative estimate of drug-likeness (QED) is 0.0783. The number of aliphatic hydroxyl groups excluding tert-OH is 2. The number of carbonyl (C=O) groups is 3. The van der Waals surface area contributed by atoms with Crippen LogP contribution < -0.4 is 10.6 Å². The molecular formula is C43H48N8O5. The number of benzene rings is 4. The van der Waals surface area contributed by atoms with E-state index in [4.69, 9.17) is 0 Å². The molecule has 56 heavy (non-hydrogen) atoms. The van der Waals surface area contributed by atoms with Crippen LogP contribution >= 0.6 is 0 Å². The molecule has 6 aromatic rings. The van der Waals surface area contributed by atoms with Gasteiger partial charge in [0.1, 0.15) is 12.2 Å². The van der Waals surface area contributed by atoms with Gasteiger partial charge in [-0.3, -0.25) is 20.2 Å². The Bertz CT molecular complexity index is 2120. The van der Waals surface area contributed by atoms with Gasteiger partial charge in [-0.15, -0.1) is 0 Å². The van der Waals surface area contributed by atoms with Crippen LogP contribution in [0.5, 0.6) is 0 Å². The van der Waals surface area contributed by atoms with Crippen LogP contribution in [-0.4, -0.2) is 82.1 Å². The molecule has 0 saturated carbocycles. The van der Waals surface area contributed by atoms with E-state index >= 15 is 0 Å². The van der Waals surface area contributed by atoms with Gasteiger partial charge in [0, 0.05) is 24.2 Å². The predicted molar refractivity (Wildman–Crippen MR) is 216 cm³/mol. The summed E-state index contributed by atoms with van der Waals surface area (Å²) in [4.78, 5) is 60.2. The van der Waals surface area contributed by atoms with Crippen molar-refractivity contribution in [1.82, 2.24) is 29.7 Å². The lowest BCUT2D eigenvalue weighted by atomic mass is 9.89. The fraction of sp³-hybridized carbons (Fsp3) is 0.326. The van der Waals surface area contributed by atoms with E-state index in [1.165, 1.54) is 0 Å². The number of anilines is 2. The zero-order valence-corrected chi connectivity index (χ0v) is 31.9. The van der Waals surface area contributed by atoms with Crippen molar-refractivity contribution in [3.63, 3.8) is 0 Å². The van der Waals surface area contributed by atoms with Crippen LogP contribution in [0.1, 0.15) is 72.4 Å². The number of fused-ring (bicyclic) bond motifs is 2. The number of aliphatic hydroxyl groups is 2. The summed E-state index contributed by atoms with van der Waals surface area (Å²) in [7, 11) is 0. The number of H-pyrrole nitrogens is 2. The average Bonchev–Trinajstić information content (AvgIpc) is 3.78. The molecule has 290 valence electrons. The molecule has 1 fully saturated rings. The number of hydrogen-bond acceptors (Lipinski definition) is 7. The van der Waals surface area contributed by atoms with Gasteiger partial charge in [0.15, 0.2) is 0 Å². The highest BCUT2D eigenvalue weighted by molar-refractivity contribution is 6.04. The Kier molecular flexibility index (Phi) is 11.2. The largest absolute Gasteiger partial charge is 0.388 e. The highest BCUT2D eigenvalue weighted by atomic mass is 16.3. The van der Waals surface area contributed by atoms with E-state index in [-0.39, 0.29) is 42.8 Å². The van der Waals surface area contributed by atoms with Gasteiger partial charge < -0.3 is 30.0 Å². The van der Waals surface area contributed by atoms with Gasteiger partial charge in [0.25, 0.3) is 11.8 Å². The first kappa shape index (κ1) is 38.2. The molecule has 1 aliphatic rings. The molecular weight excluding hydrogens is 709 g/mol. The predicted octanol–water partition coefficient (Wildman–Crippen LogP) is 6.93. The molecule has 4 amide bonds. The molecule has 0 unspecified atom stereocenters. The second kappa shape index (κ2) is 16.4. The summed E-state index contributed by atoms with van der Waals surface area (Å²) in [6.45, 7) is 8.22. The molecule has 13 nitrogen and oxygen atoms in total. The Labute approximate surface area is 325 Å². The van der Waals surface area contributed by atoms with Gasteiger partial charge in [-0.1, -0.05) is 76.2 Å². The van der Waals surface area contributed by atoms with Crippen LogP contribution in [0.4, 0.5) is 16.7 Å². The standard InChI is InChI=1S/C43H48N8O5/c1-25(2)19-35-37(52)38(53)36(20-26(3)4)51(24-28-12-10-14-30(22-28)40(55)49-42-46-33-17-7-8-18-34(33)47-42)43(56)50(35)23-27-11-9-13-29(21-27)39(54)48-41-44-31-15-5-6-16-32(31)45-41/h5-18,21-22,25-26,35-38,52-53H,19-20,23-24H2,1-4H3,(H2,44,45,48,54)(H2,46,47,49,55)/t35-,36-,37+,38+/m1/s1. The number of para-hydroxylation sites is 4. The number of nitrogens with zero attached hydrogens (tertiary/aromatic N) is 4. The molecule has 1 aliphatic heterocycles. The number of hydrogen-bond donors (Lipinski definition) is 6. The van der Waals surface area contributed by atoms with E-state index in [1.54, 1.807) is 46.2 Å². The lowest BCUT2D eigenvalue weighted by Crippen LogP contribution is -2.49. The number of aromatic amines is 2. The fourth-order valence-electron chi connectivity index (χ4n) is 7.54. The normalized spacial score (nSPS) is 18.9. The molecule has 3 heterocycles. The van der Waals surface area contributed by atoms with E-state index < -0.39 is 24.3 Å². The van der Waals surface area contributed by atoms with Crippen LogP contribution in [-0.2, 0) is 13.1 Å². The maximum atomic E-state index is 15.0. The first-order valence-corrected chi connectivity index (χ1v) is 19.1. The Hall–Kier alpha value is -6.05. The van der Waals surface area contributed by atoms with Crippen molar-refractivity contribution in [2.75, 3.05) is 10.6 Å². The number of imidazole rings is 2. The van der Waals surface area contributed by atoms with E-state index in [1.807, 2.05) is 88.4 Å². The van der Waals surface area contributed by atoms with Gasteiger partial charge in [0.05, 0.1) is 34.2 Å². The van der Waals surface area contributed by atoms with Crippen LogP contribution in [0.2, 0.25) is 0 Å². The lowest BCUT2D eigenvalue weighted by molar-refractivity contribution is -0.0483. The summed E-state index contributed by atoms with van der Waals surface area (Å²) in [6.07, 6.45) is -1.60. The lowest BCUT2D eigenvalue weighted by Gasteiger charge is -2.36. The van der Waals surface area contributed by atoms with Crippen molar-refractivity contribution in [1.29, 1.82) is 0 Å². The summed E-state index contributed by atoms with van der Waals surface area (Å²) in [5.41, 5.74) is 5.15. The van der Waals surface area contributed by atoms with Gasteiger partial charge in [0.2, 0.25) is 11.9 Å². The number of nitrogens with one attached hydrogen (secondary N) is 4. The summed E-state index contributed by atoms with van der Waals surface area (Å²) in [6, 6.07) is 27.2. The molecule has 6 N–H and O–H groups in total. The number of carbonyl (C=O) groups excluding carboxylic acids is 3. The Morgan fingerprint density at radius 3 is 1.45 bits per heavy atom. The number of aromatic nitrogens is 4. The van der Waals surface area contributed by atoms with Crippen molar-refractivity contribution >= 4 is 51.8 Å². The molecule has 0 spiro atoms.